The minimum atomic E-state index is -2.82. The molecule has 0 aliphatic carbocycles. The topological polar surface area (TPSA) is 9.23 Å². The first-order chi connectivity index (χ1) is 6.15. The van der Waals surface area contributed by atoms with E-state index in [-0.39, 0.29) is 11.6 Å². The van der Waals surface area contributed by atoms with Gasteiger partial charge < -0.3 is 4.74 Å². The lowest BCUT2D eigenvalue weighted by molar-refractivity contribution is -0.0503. The maximum atomic E-state index is 11.9. The predicted octanol–water partition coefficient (Wildman–Crippen LogP) is 3.79. The monoisotopic (exact) mass is 270 g/mol. The Balaban J connectivity index is 2.94. The highest BCUT2D eigenvalue weighted by molar-refractivity contribution is 9.10. The van der Waals surface area contributed by atoms with Crippen LogP contribution in [0.4, 0.5) is 8.78 Å². The number of halogens is 4. The van der Waals surface area contributed by atoms with Crippen molar-refractivity contribution in [3.05, 3.63) is 28.2 Å². The molecule has 1 rings (SSSR count). The summed E-state index contributed by atoms with van der Waals surface area (Å²) in [5.74, 6) is 0.356. The van der Waals surface area contributed by atoms with Crippen molar-refractivity contribution in [1.29, 1.82) is 0 Å². The lowest BCUT2D eigenvalue weighted by Gasteiger charge is -2.08. The molecule has 0 bridgehead atoms. The lowest BCUT2D eigenvalue weighted by Crippen LogP contribution is -2.02. The van der Waals surface area contributed by atoms with Crippen molar-refractivity contribution in [2.45, 2.75) is 12.5 Å². The Morgan fingerprint density at radius 1 is 1.46 bits per heavy atom. The number of alkyl halides is 3. The van der Waals surface area contributed by atoms with Gasteiger partial charge >= 0.3 is 6.61 Å². The van der Waals surface area contributed by atoms with E-state index < -0.39 is 6.61 Å². The van der Waals surface area contributed by atoms with Gasteiger partial charge in [0.2, 0.25) is 0 Å². The molecule has 0 aliphatic rings. The van der Waals surface area contributed by atoms with E-state index in [1.807, 2.05) is 0 Å². The van der Waals surface area contributed by atoms with Crippen LogP contribution in [0.25, 0.3) is 0 Å². The van der Waals surface area contributed by atoms with Gasteiger partial charge in [-0.25, -0.2) is 0 Å². The van der Waals surface area contributed by atoms with Crippen LogP contribution in [0.1, 0.15) is 5.56 Å². The maximum Gasteiger partial charge on any atom is 0.387 e. The molecule has 0 heterocycles. The third-order valence-electron chi connectivity index (χ3n) is 1.40. The van der Waals surface area contributed by atoms with E-state index in [0.717, 1.165) is 5.56 Å². The molecule has 5 heteroatoms. The Morgan fingerprint density at radius 3 is 2.69 bits per heavy atom. The lowest BCUT2D eigenvalue weighted by atomic mass is 10.2. The molecule has 0 saturated carbocycles. The van der Waals surface area contributed by atoms with E-state index in [1.165, 1.54) is 6.07 Å². The van der Waals surface area contributed by atoms with Crippen LogP contribution in [0.2, 0.25) is 0 Å². The Labute approximate surface area is 87.8 Å². The number of rotatable bonds is 3. The van der Waals surface area contributed by atoms with Gasteiger partial charge in [-0.15, -0.1) is 11.6 Å². The second-order valence-electron chi connectivity index (χ2n) is 2.24. The molecule has 0 aromatic heterocycles. The maximum absolute atomic E-state index is 11.9. The van der Waals surface area contributed by atoms with Gasteiger partial charge in [0.25, 0.3) is 0 Å². The van der Waals surface area contributed by atoms with Crippen molar-refractivity contribution in [3.8, 4) is 5.75 Å². The fourth-order valence-electron chi connectivity index (χ4n) is 0.846. The van der Waals surface area contributed by atoms with Crippen LogP contribution in [0.15, 0.2) is 22.7 Å². The van der Waals surface area contributed by atoms with E-state index in [0.29, 0.717) is 4.47 Å². The summed E-state index contributed by atoms with van der Waals surface area (Å²) in [5, 5.41) is 0. The molecule has 0 unspecified atom stereocenters. The van der Waals surface area contributed by atoms with Crippen LogP contribution in [-0.2, 0) is 5.88 Å². The molecule has 13 heavy (non-hydrogen) atoms. The summed E-state index contributed by atoms with van der Waals surface area (Å²) in [4.78, 5) is 0. The molecule has 0 aliphatic heterocycles. The number of hydrogen-bond donors (Lipinski definition) is 0. The summed E-state index contributed by atoms with van der Waals surface area (Å²) in [7, 11) is 0. The zero-order valence-corrected chi connectivity index (χ0v) is 8.78. The van der Waals surface area contributed by atoms with Gasteiger partial charge in [-0.1, -0.05) is 12.1 Å². The highest BCUT2D eigenvalue weighted by atomic mass is 79.9. The van der Waals surface area contributed by atoms with Gasteiger partial charge in [-0.3, -0.25) is 0 Å². The molecule has 1 aromatic carbocycles. The average Bonchev–Trinajstić information content (AvgIpc) is 2.08. The molecule has 0 saturated heterocycles. The Kier molecular flexibility index (Phi) is 3.93. The molecule has 0 fully saturated rings. The summed E-state index contributed by atoms with van der Waals surface area (Å²) in [6.45, 7) is -2.82. The SMILES string of the molecule is FC(F)Oc1cccc(CCl)c1Br. The first kappa shape index (κ1) is 10.7. The van der Waals surface area contributed by atoms with Crippen LogP contribution < -0.4 is 4.74 Å². The molecule has 0 amide bonds. The highest BCUT2D eigenvalue weighted by Gasteiger charge is 2.10. The molecular weight excluding hydrogens is 265 g/mol. The van der Waals surface area contributed by atoms with Gasteiger partial charge in [0.1, 0.15) is 5.75 Å². The first-order valence-corrected chi connectivity index (χ1v) is 4.76. The molecule has 72 valence electrons. The van der Waals surface area contributed by atoms with Crippen LogP contribution in [0.5, 0.6) is 5.75 Å². The standard InChI is InChI=1S/C8H6BrClF2O/c9-7-5(4-10)2-1-3-6(7)13-8(11)12/h1-3,8H,4H2. The molecule has 0 N–H and O–H groups in total. The molecule has 0 radical (unpaired) electrons. The summed E-state index contributed by atoms with van der Waals surface area (Å²) in [6, 6.07) is 4.79. The van der Waals surface area contributed by atoms with E-state index >= 15 is 0 Å². The average molecular weight is 271 g/mol. The first-order valence-electron chi connectivity index (χ1n) is 3.43. The van der Waals surface area contributed by atoms with Crippen molar-refractivity contribution in [1.82, 2.24) is 0 Å². The Bertz CT molecular complexity index is 293. The second kappa shape index (κ2) is 4.77. The Hall–Kier alpha value is -0.350. The minimum absolute atomic E-state index is 0.105. The van der Waals surface area contributed by atoms with Gasteiger partial charge in [0.05, 0.1) is 4.47 Å². The molecular formula is C8H6BrClF2O. The van der Waals surface area contributed by atoms with Crippen molar-refractivity contribution >= 4 is 27.5 Å². The smallest absolute Gasteiger partial charge is 0.387 e. The predicted molar refractivity (Wildman–Crippen MR) is 50.3 cm³/mol. The zero-order valence-electron chi connectivity index (χ0n) is 6.44. The summed E-state index contributed by atoms with van der Waals surface area (Å²) < 4.78 is 28.4. The van der Waals surface area contributed by atoms with Gasteiger partial charge in [0, 0.05) is 5.88 Å². The van der Waals surface area contributed by atoms with Crippen LogP contribution in [-0.4, -0.2) is 6.61 Å². The largest absolute Gasteiger partial charge is 0.434 e. The number of ether oxygens (including phenoxy) is 1. The highest BCUT2D eigenvalue weighted by Crippen LogP contribution is 2.30. The molecule has 0 atom stereocenters. The van der Waals surface area contributed by atoms with Crippen molar-refractivity contribution in [2.75, 3.05) is 0 Å². The Morgan fingerprint density at radius 2 is 2.15 bits per heavy atom. The molecule has 1 aromatic rings. The van der Waals surface area contributed by atoms with Crippen molar-refractivity contribution in [3.63, 3.8) is 0 Å². The van der Waals surface area contributed by atoms with E-state index in [9.17, 15) is 8.78 Å². The van der Waals surface area contributed by atoms with E-state index in [1.54, 1.807) is 12.1 Å². The van der Waals surface area contributed by atoms with Gasteiger partial charge in [-0.05, 0) is 27.6 Å². The van der Waals surface area contributed by atoms with Crippen molar-refractivity contribution in [2.24, 2.45) is 0 Å². The quantitative estimate of drug-likeness (QED) is 0.760. The summed E-state index contributed by atoms with van der Waals surface area (Å²) >= 11 is 8.69. The van der Waals surface area contributed by atoms with Crippen LogP contribution >= 0.6 is 27.5 Å². The van der Waals surface area contributed by atoms with Crippen molar-refractivity contribution < 1.29 is 13.5 Å². The number of benzene rings is 1. The zero-order chi connectivity index (χ0) is 9.84. The minimum Gasteiger partial charge on any atom is -0.434 e. The van der Waals surface area contributed by atoms with E-state index in [2.05, 4.69) is 20.7 Å². The normalized spacial score (nSPS) is 10.5. The molecule has 1 nitrogen and oxygen atoms in total. The number of hydrogen-bond acceptors (Lipinski definition) is 1. The fourth-order valence-corrected chi connectivity index (χ4v) is 1.73. The van der Waals surface area contributed by atoms with Crippen LogP contribution in [0, 0.1) is 0 Å². The summed E-state index contributed by atoms with van der Waals surface area (Å²) in [5.41, 5.74) is 0.722. The van der Waals surface area contributed by atoms with Crippen LogP contribution in [0.3, 0.4) is 0 Å². The molecule has 0 spiro atoms. The van der Waals surface area contributed by atoms with Gasteiger partial charge in [0.15, 0.2) is 0 Å². The third-order valence-corrected chi connectivity index (χ3v) is 2.59. The summed E-state index contributed by atoms with van der Waals surface area (Å²) in [6.07, 6.45) is 0. The third kappa shape index (κ3) is 2.81. The van der Waals surface area contributed by atoms with E-state index in [4.69, 9.17) is 11.6 Å². The fraction of sp³-hybridized carbons (Fsp3) is 0.250. The second-order valence-corrected chi connectivity index (χ2v) is 3.30. The van der Waals surface area contributed by atoms with Gasteiger partial charge in [-0.2, -0.15) is 8.78 Å².